The fourth-order valence-corrected chi connectivity index (χ4v) is 1.74. The van der Waals surface area contributed by atoms with Crippen LogP contribution in [0.25, 0.3) is 0 Å². The van der Waals surface area contributed by atoms with Crippen molar-refractivity contribution in [2.75, 3.05) is 7.11 Å². The lowest BCUT2D eigenvalue weighted by Gasteiger charge is -2.05. The van der Waals surface area contributed by atoms with Crippen LogP contribution in [-0.4, -0.2) is 22.1 Å². The predicted octanol–water partition coefficient (Wildman–Crippen LogP) is 2.93. The quantitative estimate of drug-likeness (QED) is 0.815. The Morgan fingerprint density at radius 1 is 1.50 bits per heavy atom. The summed E-state index contributed by atoms with van der Waals surface area (Å²) in [5.74, 6) is 0.197. The van der Waals surface area contributed by atoms with Crippen molar-refractivity contribution < 1.29 is 9.13 Å². The molecule has 0 N–H and O–H groups in total. The summed E-state index contributed by atoms with van der Waals surface area (Å²) < 4.78 is 20.3. The molecule has 0 saturated heterocycles. The number of ether oxygens (including phenoxy) is 1. The highest BCUT2D eigenvalue weighted by Crippen LogP contribution is 2.20. The van der Waals surface area contributed by atoms with Crippen molar-refractivity contribution in [3.63, 3.8) is 0 Å². The van der Waals surface area contributed by atoms with Crippen LogP contribution in [0.3, 0.4) is 0 Å². The number of hydrogen-bond donors (Lipinski definition) is 0. The van der Waals surface area contributed by atoms with Crippen molar-refractivity contribution in [3.05, 3.63) is 41.5 Å². The Morgan fingerprint density at radius 3 is 2.83 bits per heavy atom. The van der Waals surface area contributed by atoms with E-state index in [1.54, 1.807) is 23.0 Å². The maximum atomic E-state index is 13.7. The molecule has 0 aliphatic rings. The van der Waals surface area contributed by atoms with Gasteiger partial charge in [-0.1, -0.05) is 27.2 Å². The van der Waals surface area contributed by atoms with Crippen LogP contribution in [0.5, 0.6) is 5.75 Å². The van der Waals surface area contributed by atoms with Crippen LogP contribution in [0.2, 0.25) is 0 Å². The lowest BCUT2D eigenvalue weighted by molar-refractivity contribution is 0.410. The third-order valence-corrected chi connectivity index (χ3v) is 3.03. The molecule has 0 fully saturated rings. The van der Waals surface area contributed by atoms with Gasteiger partial charge in [0, 0.05) is 17.8 Å². The summed E-state index contributed by atoms with van der Waals surface area (Å²) in [6.45, 7) is 2.31. The molecule has 18 heavy (non-hydrogen) atoms. The molecule has 0 bridgehead atoms. The van der Waals surface area contributed by atoms with E-state index in [4.69, 9.17) is 4.74 Å². The number of benzene rings is 1. The standard InChI is InChI=1S/C12H13BrFN3O/c1-8(13)12-7-17(16-15-12)6-9-3-4-10(18-2)5-11(9)14/h3-5,7-8H,6H2,1-2H3. The van der Waals surface area contributed by atoms with Gasteiger partial charge in [-0.3, -0.25) is 0 Å². The van der Waals surface area contributed by atoms with Crippen LogP contribution in [0.4, 0.5) is 4.39 Å². The molecule has 0 saturated carbocycles. The van der Waals surface area contributed by atoms with E-state index in [2.05, 4.69) is 26.2 Å². The Balaban J connectivity index is 2.17. The SMILES string of the molecule is COc1ccc(Cn2cc(C(C)Br)nn2)c(F)c1. The molecule has 6 heteroatoms. The second kappa shape index (κ2) is 5.48. The third kappa shape index (κ3) is 2.87. The van der Waals surface area contributed by atoms with E-state index in [0.717, 1.165) is 5.69 Å². The van der Waals surface area contributed by atoms with Gasteiger partial charge in [0.2, 0.25) is 0 Å². The van der Waals surface area contributed by atoms with Crippen LogP contribution in [0, 0.1) is 5.82 Å². The van der Waals surface area contributed by atoms with E-state index in [9.17, 15) is 4.39 Å². The molecular formula is C12H13BrFN3O. The van der Waals surface area contributed by atoms with Crippen molar-refractivity contribution in [1.29, 1.82) is 0 Å². The summed E-state index contributed by atoms with van der Waals surface area (Å²) in [7, 11) is 1.51. The smallest absolute Gasteiger partial charge is 0.131 e. The normalized spacial score (nSPS) is 12.4. The molecule has 2 aromatic rings. The highest BCUT2D eigenvalue weighted by molar-refractivity contribution is 9.09. The lowest BCUT2D eigenvalue weighted by atomic mass is 10.2. The van der Waals surface area contributed by atoms with Crippen LogP contribution in [0.1, 0.15) is 23.0 Å². The average Bonchev–Trinajstić information content (AvgIpc) is 2.80. The molecular weight excluding hydrogens is 301 g/mol. The number of rotatable bonds is 4. The zero-order chi connectivity index (χ0) is 13.1. The van der Waals surface area contributed by atoms with E-state index in [-0.39, 0.29) is 10.6 Å². The van der Waals surface area contributed by atoms with Crippen LogP contribution in [0.15, 0.2) is 24.4 Å². The Bertz CT molecular complexity index is 542. The second-order valence-corrected chi connectivity index (χ2v) is 5.29. The molecule has 4 nitrogen and oxygen atoms in total. The second-order valence-electron chi connectivity index (χ2n) is 3.91. The Hall–Kier alpha value is -1.43. The van der Waals surface area contributed by atoms with Crippen molar-refractivity contribution in [2.45, 2.75) is 18.3 Å². The Kier molecular flexibility index (Phi) is 3.96. The fourth-order valence-electron chi connectivity index (χ4n) is 1.53. The molecule has 0 aliphatic heterocycles. The summed E-state index contributed by atoms with van der Waals surface area (Å²) in [5.41, 5.74) is 1.37. The molecule has 1 aromatic heterocycles. The van der Waals surface area contributed by atoms with E-state index in [1.165, 1.54) is 13.2 Å². The largest absolute Gasteiger partial charge is 0.497 e. The molecule has 1 atom stereocenters. The molecule has 1 heterocycles. The molecule has 96 valence electrons. The minimum absolute atomic E-state index is 0.131. The van der Waals surface area contributed by atoms with Gasteiger partial charge in [-0.25, -0.2) is 9.07 Å². The summed E-state index contributed by atoms with van der Waals surface area (Å²) in [5, 5.41) is 7.95. The van der Waals surface area contributed by atoms with Crippen LogP contribution < -0.4 is 4.74 Å². The molecule has 0 spiro atoms. The number of alkyl halides is 1. The van der Waals surface area contributed by atoms with E-state index in [1.807, 2.05) is 6.92 Å². The fraction of sp³-hybridized carbons (Fsp3) is 0.333. The van der Waals surface area contributed by atoms with Gasteiger partial charge in [0.1, 0.15) is 11.6 Å². The molecule has 0 radical (unpaired) electrons. The average molecular weight is 314 g/mol. The molecule has 2 rings (SSSR count). The van der Waals surface area contributed by atoms with E-state index < -0.39 is 0 Å². The number of halogens is 2. The minimum Gasteiger partial charge on any atom is -0.497 e. The maximum Gasteiger partial charge on any atom is 0.131 e. The first-order valence-corrected chi connectivity index (χ1v) is 6.38. The molecule has 0 aliphatic carbocycles. The number of nitrogens with zero attached hydrogens (tertiary/aromatic N) is 3. The topological polar surface area (TPSA) is 39.9 Å². The zero-order valence-corrected chi connectivity index (χ0v) is 11.7. The van der Waals surface area contributed by atoms with Gasteiger partial charge in [0.25, 0.3) is 0 Å². The number of aromatic nitrogens is 3. The van der Waals surface area contributed by atoms with Crippen LogP contribution in [-0.2, 0) is 6.54 Å². The highest BCUT2D eigenvalue weighted by atomic mass is 79.9. The van der Waals surface area contributed by atoms with E-state index >= 15 is 0 Å². The Morgan fingerprint density at radius 2 is 2.28 bits per heavy atom. The van der Waals surface area contributed by atoms with Crippen LogP contribution >= 0.6 is 15.9 Å². The lowest BCUT2D eigenvalue weighted by Crippen LogP contribution is -2.03. The summed E-state index contributed by atoms with van der Waals surface area (Å²) >= 11 is 3.41. The third-order valence-electron chi connectivity index (χ3n) is 2.56. The minimum atomic E-state index is -0.307. The highest BCUT2D eigenvalue weighted by Gasteiger charge is 2.09. The van der Waals surface area contributed by atoms with Gasteiger partial charge in [-0.05, 0) is 13.0 Å². The summed E-state index contributed by atoms with van der Waals surface area (Å²) in [6, 6.07) is 4.77. The van der Waals surface area contributed by atoms with Gasteiger partial charge in [-0.2, -0.15) is 0 Å². The monoisotopic (exact) mass is 313 g/mol. The van der Waals surface area contributed by atoms with E-state index in [0.29, 0.717) is 17.9 Å². The number of hydrogen-bond acceptors (Lipinski definition) is 3. The molecule has 1 unspecified atom stereocenters. The Labute approximate surface area is 113 Å². The molecule has 0 amide bonds. The van der Waals surface area contributed by atoms with Crippen molar-refractivity contribution in [3.8, 4) is 5.75 Å². The maximum absolute atomic E-state index is 13.7. The first-order chi connectivity index (χ1) is 8.60. The number of methoxy groups -OCH3 is 1. The van der Waals surface area contributed by atoms with Crippen molar-refractivity contribution >= 4 is 15.9 Å². The van der Waals surface area contributed by atoms with Crippen molar-refractivity contribution in [1.82, 2.24) is 15.0 Å². The van der Waals surface area contributed by atoms with Crippen molar-refractivity contribution in [2.24, 2.45) is 0 Å². The predicted molar refractivity (Wildman–Crippen MR) is 69.4 cm³/mol. The molecule has 1 aromatic carbocycles. The van der Waals surface area contributed by atoms with Gasteiger partial charge < -0.3 is 4.74 Å². The van der Waals surface area contributed by atoms with Gasteiger partial charge >= 0.3 is 0 Å². The van der Waals surface area contributed by atoms with Gasteiger partial charge in [0.05, 0.1) is 24.2 Å². The van der Waals surface area contributed by atoms with Gasteiger partial charge in [0.15, 0.2) is 0 Å². The zero-order valence-electron chi connectivity index (χ0n) is 10.1. The summed E-state index contributed by atoms with van der Waals surface area (Å²) in [4.78, 5) is 0.131. The first-order valence-electron chi connectivity index (χ1n) is 5.46. The van der Waals surface area contributed by atoms with Gasteiger partial charge in [-0.15, -0.1) is 5.10 Å². The summed E-state index contributed by atoms with van der Waals surface area (Å²) in [6.07, 6.45) is 1.79. The first kappa shape index (κ1) is 13.0.